The van der Waals surface area contributed by atoms with Gasteiger partial charge in [-0.3, -0.25) is 9.59 Å². The van der Waals surface area contributed by atoms with Crippen molar-refractivity contribution in [1.82, 2.24) is 9.21 Å². The lowest BCUT2D eigenvalue weighted by Gasteiger charge is -2.32. The molecule has 0 aliphatic rings. The number of sulfonamides is 1. The lowest BCUT2D eigenvalue weighted by molar-refractivity contribution is -0.160. The van der Waals surface area contributed by atoms with Gasteiger partial charge >= 0.3 is 5.97 Å². The van der Waals surface area contributed by atoms with Gasteiger partial charge in [0.15, 0.2) is 6.10 Å². The molecule has 1 rings (SSSR count). The van der Waals surface area contributed by atoms with Crippen molar-refractivity contribution in [3.05, 3.63) is 30.1 Å². The first-order chi connectivity index (χ1) is 12.4. The van der Waals surface area contributed by atoms with Gasteiger partial charge in [0.1, 0.15) is 12.4 Å². The minimum Gasteiger partial charge on any atom is -0.452 e. The summed E-state index contributed by atoms with van der Waals surface area (Å²) in [5, 5.41) is 0. The van der Waals surface area contributed by atoms with Crippen LogP contribution in [-0.2, 0) is 24.3 Å². The molecule has 0 unspecified atom stereocenters. The predicted octanol–water partition coefficient (Wildman–Crippen LogP) is 2.02. The Morgan fingerprint density at radius 2 is 1.52 bits per heavy atom. The number of nitrogens with zero attached hydrogens (tertiary/aromatic N) is 2. The van der Waals surface area contributed by atoms with Gasteiger partial charge in [-0.05, 0) is 58.9 Å². The Bertz CT molecular complexity index is 754. The third-order valence-electron chi connectivity index (χ3n) is 3.90. The van der Waals surface area contributed by atoms with Crippen molar-refractivity contribution in [2.24, 2.45) is 0 Å². The molecular formula is C18H27FN2O5S. The minimum atomic E-state index is -3.98. The zero-order chi connectivity index (χ0) is 20.9. The Balaban J connectivity index is 2.78. The van der Waals surface area contributed by atoms with E-state index in [2.05, 4.69) is 0 Å². The van der Waals surface area contributed by atoms with Crippen molar-refractivity contribution in [1.29, 1.82) is 0 Å². The van der Waals surface area contributed by atoms with E-state index in [1.807, 2.05) is 27.7 Å². The van der Waals surface area contributed by atoms with Gasteiger partial charge in [-0.1, -0.05) is 0 Å². The first-order valence-corrected chi connectivity index (χ1v) is 10.1. The van der Waals surface area contributed by atoms with E-state index in [0.29, 0.717) is 0 Å². The van der Waals surface area contributed by atoms with E-state index >= 15 is 0 Å². The summed E-state index contributed by atoms with van der Waals surface area (Å²) >= 11 is 0. The van der Waals surface area contributed by atoms with Gasteiger partial charge in [-0.15, -0.1) is 0 Å². The van der Waals surface area contributed by atoms with E-state index in [1.165, 1.54) is 14.0 Å². The van der Waals surface area contributed by atoms with Gasteiger partial charge in [0, 0.05) is 19.1 Å². The predicted molar refractivity (Wildman–Crippen MR) is 98.9 cm³/mol. The normalized spacial score (nSPS) is 13.1. The zero-order valence-electron chi connectivity index (χ0n) is 16.5. The Labute approximate surface area is 160 Å². The summed E-state index contributed by atoms with van der Waals surface area (Å²) in [7, 11) is -2.77. The minimum absolute atomic E-state index is 0.0693. The van der Waals surface area contributed by atoms with E-state index in [0.717, 1.165) is 28.6 Å². The number of ether oxygens (including phenoxy) is 1. The molecule has 1 aromatic rings. The van der Waals surface area contributed by atoms with E-state index < -0.39 is 34.5 Å². The molecule has 0 aliphatic carbocycles. The first kappa shape index (κ1) is 23.0. The lowest BCUT2D eigenvalue weighted by Crippen LogP contribution is -2.48. The Morgan fingerprint density at radius 1 is 1.04 bits per heavy atom. The maximum Gasteiger partial charge on any atom is 0.322 e. The average Bonchev–Trinajstić information content (AvgIpc) is 2.54. The Hall–Kier alpha value is -2.00. The molecule has 0 saturated carbocycles. The smallest absolute Gasteiger partial charge is 0.322 e. The van der Waals surface area contributed by atoms with Gasteiger partial charge in [0.25, 0.3) is 5.91 Å². The standard InChI is InChI=1S/C18H27FN2O5S/c1-12(2)21(13(3)4)18(23)14(5)26-17(22)11-20(6)27(24,25)16-9-7-15(19)8-10-16/h7-10,12-14H,11H2,1-6H3/t14-/m1/s1. The van der Waals surface area contributed by atoms with Crippen LogP contribution in [0.3, 0.4) is 0 Å². The highest BCUT2D eigenvalue weighted by molar-refractivity contribution is 7.89. The number of carbonyl (C=O) groups is 2. The van der Waals surface area contributed by atoms with Crippen LogP contribution in [0.15, 0.2) is 29.2 Å². The molecule has 1 aromatic carbocycles. The summed E-state index contributed by atoms with van der Waals surface area (Å²) in [6.45, 7) is 8.31. The average molecular weight is 402 g/mol. The van der Waals surface area contributed by atoms with Crippen molar-refractivity contribution < 1.29 is 27.1 Å². The maximum absolute atomic E-state index is 13.0. The van der Waals surface area contributed by atoms with Crippen LogP contribution in [0, 0.1) is 5.82 Å². The van der Waals surface area contributed by atoms with Crippen LogP contribution in [0.25, 0.3) is 0 Å². The van der Waals surface area contributed by atoms with Crippen LogP contribution in [0.2, 0.25) is 0 Å². The number of benzene rings is 1. The quantitative estimate of drug-likeness (QED) is 0.621. The molecular weight excluding hydrogens is 375 g/mol. The second-order valence-electron chi connectivity index (χ2n) is 6.78. The maximum atomic E-state index is 13.0. The van der Waals surface area contributed by atoms with Crippen molar-refractivity contribution in [2.75, 3.05) is 13.6 Å². The molecule has 1 atom stereocenters. The summed E-state index contributed by atoms with van der Waals surface area (Å²) in [6, 6.07) is 4.13. The SMILES string of the molecule is CC(C)N(C(=O)[C@@H](C)OC(=O)CN(C)S(=O)(=O)c1ccc(F)cc1)C(C)C. The van der Waals surface area contributed by atoms with Crippen LogP contribution in [-0.4, -0.2) is 61.3 Å². The zero-order valence-corrected chi connectivity index (χ0v) is 17.3. The summed E-state index contributed by atoms with van der Waals surface area (Å²) in [5.41, 5.74) is 0. The fraction of sp³-hybridized carbons (Fsp3) is 0.556. The fourth-order valence-corrected chi connectivity index (χ4v) is 3.77. The van der Waals surface area contributed by atoms with Crippen LogP contribution in [0.5, 0.6) is 0 Å². The summed E-state index contributed by atoms with van der Waals surface area (Å²) in [5.74, 6) is -1.77. The number of carbonyl (C=O) groups excluding carboxylic acids is 2. The molecule has 9 heteroatoms. The molecule has 0 N–H and O–H groups in total. The summed E-state index contributed by atoms with van der Waals surface area (Å²) in [6.07, 6.45) is -1.04. The lowest BCUT2D eigenvalue weighted by atomic mass is 10.2. The number of hydrogen-bond donors (Lipinski definition) is 0. The number of hydrogen-bond acceptors (Lipinski definition) is 5. The second kappa shape index (κ2) is 9.27. The van der Waals surface area contributed by atoms with Crippen LogP contribution < -0.4 is 0 Å². The number of halogens is 1. The fourth-order valence-electron chi connectivity index (χ4n) is 2.65. The van der Waals surface area contributed by atoms with Crippen molar-refractivity contribution in [3.63, 3.8) is 0 Å². The summed E-state index contributed by atoms with van der Waals surface area (Å²) in [4.78, 5) is 26.0. The molecule has 0 heterocycles. The molecule has 0 bridgehead atoms. The van der Waals surface area contributed by atoms with Crippen molar-refractivity contribution in [3.8, 4) is 0 Å². The number of amides is 1. The van der Waals surface area contributed by atoms with E-state index in [1.54, 1.807) is 4.90 Å². The highest BCUT2D eigenvalue weighted by atomic mass is 32.2. The molecule has 0 saturated heterocycles. The number of rotatable bonds is 8. The van der Waals surface area contributed by atoms with Gasteiger partial charge in [0.2, 0.25) is 10.0 Å². The van der Waals surface area contributed by atoms with Gasteiger partial charge in [-0.25, -0.2) is 12.8 Å². The molecule has 0 aromatic heterocycles. The van der Waals surface area contributed by atoms with Crippen molar-refractivity contribution >= 4 is 21.9 Å². The van der Waals surface area contributed by atoms with Gasteiger partial charge in [-0.2, -0.15) is 4.31 Å². The Kier molecular flexibility index (Phi) is 7.91. The highest BCUT2D eigenvalue weighted by Crippen LogP contribution is 2.15. The third-order valence-corrected chi connectivity index (χ3v) is 5.71. The third kappa shape index (κ3) is 6.00. The molecule has 0 spiro atoms. The topological polar surface area (TPSA) is 84.0 Å². The molecule has 7 nitrogen and oxygen atoms in total. The largest absolute Gasteiger partial charge is 0.452 e. The second-order valence-corrected chi connectivity index (χ2v) is 8.82. The highest BCUT2D eigenvalue weighted by Gasteiger charge is 2.29. The Morgan fingerprint density at radius 3 is 1.96 bits per heavy atom. The molecule has 1 amide bonds. The van der Waals surface area contributed by atoms with E-state index in [9.17, 15) is 22.4 Å². The molecule has 0 radical (unpaired) electrons. The first-order valence-electron chi connectivity index (χ1n) is 8.61. The molecule has 152 valence electrons. The summed E-state index contributed by atoms with van der Waals surface area (Å²) < 4.78 is 43.7. The van der Waals surface area contributed by atoms with Crippen LogP contribution in [0.4, 0.5) is 4.39 Å². The van der Waals surface area contributed by atoms with E-state index in [4.69, 9.17) is 4.74 Å². The number of likely N-dealkylation sites (N-methyl/N-ethyl adjacent to an activating group) is 1. The molecule has 0 fully saturated rings. The van der Waals surface area contributed by atoms with Crippen LogP contribution in [0.1, 0.15) is 34.6 Å². The van der Waals surface area contributed by atoms with Gasteiger partial charge < -0.3 is 9.64 Å². The number of esters is 1. The van der Waals surface area contributed by atoms with Crippen molar-refractivity contribution in [2.45, 2.75) is 57.7 Å². The monoisotopic (exact) mass is 402 g/mol. The van der Waals surface area contributed by atoms with E-state index in [-0.39, 0.29) is 22.9 Å². The molecule has 27 heavy (non-hydrogen) atoms. The van der Waals surface area contributed by atoms with Crippen LogP contribution >= 0.6 is 0 Å². The molecule has 0 aliphatic heterocycles. The van der Waals surface area contributed by atoms with Gasteiger partial charge in [0.05, 0.1) is 4.90 Å².